The molecule has 15 heavy (non-hydrogen) atoms. The van der Waals surface area contributed by atoms with Gasteiger partial charge < -0.3 is 0 Å². The zero-order chi connectivity index (χ0) is 10.8. The molecule has 0 heterocycles. The van der Waals surface area contributed by atoms with Crippen LogP contribution < -0.4 is 0 Å². The molecule has 0 N–H and O–H groups in total. The smallest absolute Gasteiger partial charge is 0.0499 e. The standard InChI is InChI=1S/C12H6BrCl2/c13-11-4-2-1-3-9(11)10-6-5-8(14)7-12(10)15/h1-3,5-7H. The highest BCUT2D eigenvalue weighted by Gasteiger charge is 2.06. The zero-order valence-electron chi connectivity index (χ0n) is 7.60. The Hall–Kier alpha value is -0.500. The zero-order valence-corrected chi connectivity index (χ0v) is 10.7. The third-order valence-electron chi connectivity index (χ3n) is 2.03. The third-order valence-corrected chi connectivity index (χ3v) is 3.23. The van der Waals surface area contributed by atoms with Crippen molar-refractivity contribution in [2.45, 2.75) is 0 Å². The minimum absolute atomic E-state index is 0.639. The van der Waals surface area contributed by atoms with Crippen LogP contribution in [0.4, 0.5) is 0 Å². The lowest BCUT2D eigenvalue weighted by Crippen LogP contribution is -1.81. The van der Waals surface area contributed by atoms with E-state index in [1.807, 2.05) is 30.3 Å². The lowest BCUT2D eigenvalue weighted by atomic mass is 10.1. The molecule has 0 atom stereocenters. The molecule has 0 aliphatic rings. The van der Waals surface area contributed by atoms with Crippen LogP contribution in [-0.4, -0.2) is 0 Å². The van der Waals surface area contributed by atoms with Crippen molar-refractivity contribution in [3.8, 4) is 11.1 Å². The van der Waals surface area contributed by atoms with Gasteiger partial charge in [-0.1, -0.05) is 47.5 Å². The molecule has 0 amide bonds. The van der Waals surface area contributed by atoms with E-state index in [-0.39, 0.29) is 0 Å². The van der Waals surface area contributed by atoms with Gasteiger partial charge in [0, 0.05) is 20.1 Å². The lowest BCUT2D eigenvalue weighted by molar-refractivity contribution is 1.57. The normalized spacial score (nSPS) is 10.3. The molecule has 0 aliphatic heterocycles. The fourth-order valence-electron chi connectivity index (χ4n) is 1.33. The average Bonchev–Trinajstić information content (AvgIpc) is 2.20. The molecule has 0 bridgehead atoms. The van der Waals surface area contributed by atoms with Crippen molar-refractivity contribution >= 4 is 39.1 Å². The summed E-state index contributed by atoms with van der Waals surface area (Å²) in [4.78, 5) is 0. The first-order valence-electron chi connectivity index (χ1n) is 4.30. The molecular formula is C12H6BrCl2. The van der Waals surface area contributed by atoms with Crippen molar-refractivity contribution in [2.75, 3.05) is 0 Å². The first-order chi connectivity index (χ1) is 7.18. The second kappa shape index (κ2) is 4.56. The Balaban J connectivity index is 2.60. The third kappa shape index (κ3) is 2.36. The van der Waals surface area contributed by atoms with Crippen LogP contribution in [0.5, 0.6) is 0 Å². The molecule has 2 aromatic carbocycles. The summed E-state index contributed by atoms with van der Waals surface area (Å²) in [5, 5.41) is 1.28. The van der Waals surface area contributed by atoms with Crippen molar-refractivity contribution in [3.63, 3.8) is 0 Å². The van der Waals surface area contributed by atoms with Gasteiger partial charge in [0.05, 0.1) is 0 Å². The van der Waals surface area contributed by atoms with Gasteiger partial charge in [-0.25, -0.2) is 0 Å². The summed E-state index contributed by atoms with van der Waals surface area (Å²) in [6.07, 6.45) is 0. The summed E-state index contributed by atoms with van der Waals surface area (Å²) >= 11 is 15.4. The predicted molar refractivity (Wildman–Crippen MR) is 68.4 cm³/mol. The van der Waals surface area contributed by atoms with Gasteiger partial charge >= 0.3 is 0 Å². The molecule has 0 saturated heterocycles. The molecule has 0 fully saturated rings. The maximum absolute atomic E-state index is 6.12. The molecule has 0 nitrogen and oxygen atoms in total. The highest BCUT2D eigenvalue weighted by atomic mass is 79.9. The van der Waals surface area contributed by atoms with Gasteiger partial charge in [0.15, 0.2) is 0 Å². The van der Waals surface area contributed by atoms with Gasteiger partial charge in [-0.2, -0.15) is 0 Å². The van der Waals surface area contributed by atoms with Crippen LogP contribution in [0.25, 0.3) is 11.1 Å². The van der Waals surface area contributed by atoms with Crippen LogP contribution in [0, 0.1) is 6.07 Å². The van der Waals surface area contributed by atoms with E-state index in [4.69, 9.17) is 23.2 Å². The molecule has 2 aromatic rings. The summed E-state index contributed by atoms with van der Waals surface area (Å²) < 4.78 is 0.897. The largest absolute Gasteiger partial charge is 0.0843 e. The predicted octanol–water partition coefficient (Wildman–Crippen LogP) is 5.22. The SMILES string of the molecule is Clc1ccc(-c2ccc[c]c2Br)c(Cl)c1. The van der Waals surface area contributed by atoms with Crippen molar-refractivity contribution in [1.29, 1.82) is 0 Å². The number of rotatable bonds is 1. The van der Waals surface area contributed by atoms with Gasteiger partial charge in [0.25, 0.3) is 0 Å². The number of hydrogen-bond donors (Lipinski definition) is 0. The summed E-state index contributed by atoms with van der Waals surface area (Å²) in [6, 6.07) is 14.3. The Labute approximate surface area is 107 Å². The second-order valence-corrected chi connectivity index (χ2v) is 4.66. The van der Waals surface area contributed by atoms with Crippen LogP contribution in [0.3, 0.4) is 0 Å². The van der Waals surface area contributed by atoms with Crippen molar-refractivity contribution in [3.05, 3.63) is 57.0 Å². The fourth-order valence-corrected chi connectivity index (χ4v) is 2.32. The molecule has 0 saturated carbocycles. The Bertz CT molecular complexity index is 495. The summed E-state index contributed by atoms with van der Waals surface area (Å²) in [7, 11) is 0. The first-order valence-corrected chi connectivity index (χ1v) is 5.85. The van der Waals surface area contributed by atoms with Gasteiger partial charge in [-0.15, -0.1) is 0 Å². The van der Waals surface area contributed by atoms with E-state index in [0.29, 0.717) is 10.0 Å². The Morgan fingerprint density at radius 3 is 2.53 bits per heavy atom. The number of hydrogen-bond acceptors (Lipinski definition) is 0. The van der Waals surface area contributed by atoms with Gasteiger partial charge in [0.2, 0.25) is 0 Å². The molecule has 75 valence electrons. The minimum Gasteiger partial charge on any atom is -0.0843 e. The maximum atomic E-state index is 6.12. The molecule has 0 unspecified atom stereocenters. The lowest BCUT2D eigenvalue weighted by Gasteiger charge is -2.06. The first kappa shape index (κ1) is 11.0. The summed E-state index contributed by atoms with van der Waals surface area (Å²) in [6.45, 7) is 0. The molecule has 0 spiro atoms. The van der Waals surface area contributed by atoms with E-state index < -0.39 is 0 Å². The van der Waals surface area contributed by atoms with E-state index in [1.165, 1.54) is 0 Å². The van der Waals surface area contributed by atoms with E-state index >= 15 is 0 Å². The van der Waals surface area contributed by atoms with Crippen molar-refractivity contribution in [2.24, 2.45) is 0 Å². The monoisotopic (exact) mass is 299 g/mol. The quantitative estimate of drug-likeness (QED) is 0.677. The summed E-state index contributed by atoms with van der Waals surface area (Å²) in [5.74, 6) is 0. The van der Waals surface area contributed by atoms with Crippen molar-refractivity contribution in [1.82, 2.24) is 0 Å². The summed E-state index contributed by atoms with van der Waals surface area (Å²) in [5.41, 5.74) is 1.96. The molecule has 1 radical (unpaired) electrons. The van der Waals surface area contributed by atoms with Gasteiger partial charge in [0.1, 0.15) is 0 Å². The van der Waals surface area contributed by atoms with Crippen LogP contribution >= 0.6 is 39.1 Å². The molecule has 0 aliphatic carbocycles. The fraction of sp³-hybridized carbons (Fsp3) is 0. The minimum atomic E-state index is 0.639. The van der Waals surface area contributed by atoms with Crippen LogP contribution in [0.2, 0.25) is 10.0 Å². The molecule has 3 heteroatoms. The van der Waals surface area contributed by atoms with Crippen LogP contribution in [0.15, 0.2) is 40.9 Å². The number of halogens is 3. The van der Waals surface area contributed by atoms with Gasteiger partial charge in [-0.3, -0.25) is 0 Å². The van der Waals surface area contributed by atoms with Gasteiger partial charge in [-0.05, 0) is 39.7 Å². The van der Waals surface area contributed by atoms with E-state index in [0.717, 1.165) is 15.6 Å². The van der Waals surface area contributed by atoms with E-state index in [1.54, 1.807) is 6.07 Å². The van der Waals surface area contributed by atoms with Crippen molar-refractivity contribution < 1.29 is 0 Å². The highest BCUT2D eigenvalue weighted by molar-refractivity contribution is 9.10. The Morgan fingerprint density at radius 1 is 1.07 bits per heavy atom. The molecular weight excluding hydrogens is 295 g/mol. The Kier molecular flexibility index (Phi) is 3.35. The topological polar surface area (TPSA) is 0 Å². The number of benzene rings is 2. The van der Waals surface area contributed by atoms with Crippen LogP contribution in [0.1, 0.15) is 0 Å². The maximum Gasteiger partial charge on any atom is 0.0499 e. The average molecular weight is 301 g/mol. The second-order valence-electron chi connectivity index (χ2n) is 3.02. The molecule has 2 rings (SSSR count). The van der Waals surface area contributed by atoms with Crippen LogP contribution in [-0.2, 0) is 0 Å². The molecule has 0 aromatic heterocycles. The van der Waals surface area contributed by atoms with E-state index in [2.05, 4.69) is 22.0 Å². The Morgan fingerprint density at radius 2 is 1.87 bits per heavy atom. The highest BCUT2D eigenvalue weighted by Crippen LogP contribution is 2.34. The van der Waals surface area contributed by atoms with E-state index in [9.17, 15) is 0 Å².